The topological polar surface area (TPSA) is 77.8 Å². The molecule has 1 atom stereocenters. The fourth-order valence-electron chi connectivity index (χ4n) is 3.15. The van der Waals surface area contributed by atoms with E-state index in [4.69, 9.17) is 23.1 Å². The van der Waals surface area contributed by atoms with Gasteiger partial charge in [0.25, 0.3) is 0 Å². The Kier molecular flexibility index (Phi) is 2.99. The first kappa shape index (κ1) is 14.0. The van der Waals surface area contributed by atoms with Crippen LogP contribution in [-0.2, 0) is 0 Å². The molecule has 1 unspecified atom stereocenters. The number of hydrogen-bond donors (Lipinski definition) is 2. The van der Waals surface area contributed by atoms with Gasteiger partial charge in [0, 0.05) is 5.56 Å². The Labute approximate surface area is 136 Å². The van der Waals surface area contributed by atoms with Gasteiger partial charge in [0.05, 0.1) is 16.6 Å². The van der Waals surface area contributed by atoms with Crippen LogP contribution in [-0.4, -0.2) is 9.97 Å². The van der Waals surface area contributed by atoms with Crippen molar-refractivity contribution in [2.75, 3.05) is 11.5 Å². The monoisotopic (exact) mass is 326 g/mol. The van der Waals surface area contributed by atoms with E-state index in [0.29, 0.717) is 5.82 Å². The normalized spacial score (nSPS) is 15.3. The van der Waals surface area contributed by atoms with E-state index in [9.17, 15) is 4.39 Å². The van der Waals surface area contributed by atoms with Crippen LogP contribution in [0.3, 0.4) is 0 Å². The summed E-state index contributed by atoms with van der Waals surface area (Å²) in [5.74, 6) is -0.196. The van der Waals surface area contributed by atoms with Gasteiger partial charge in [-0.05, 0) is 28.8 Å². The highest BCUT2D eigenvalue weighted by atomic mass is 35.5. The third-order valence-corrected chi connectivity index (χ3v) is 4.36. The van der Waals surface area contributed by atoms with Crippen LogP contribution in [0.4, 0.5) is 16.2 Å². The van der Waals surface area contributed by atoms with E-state index in [0.717, 1.165) is 27.9 Å². The number of nitrogens with two attached hydrogens (primary N) is 2. The summed E-state index contributed by atoms with van der Waals surface area (Å²) in [6.45, 7) is 0. The van der Waals surface area contributed by atoms with Gasteiger partial charge in [-0.1, -0.05) is 41.9 Å². The number of benzene rings is 2. The number of nitrogen functional groups attached to an aromatic ring is 2. The number of rotatable bonds is 1. The molecule has 6 heteroatoms. The average Bonchev–Trinajstić information content (AvgIpc) is 2.84. The molecule has 1 aliphatic carbocycles. The molecule has 2 aromatic carbocycles. The van der Waals surface area contributed by atoms with Gasteiger partial charge in [0.2, 0.25) is 5.95 Å². The second kappa shape index (κ2) is 4.93. The fraction of sp³-hybridized carbons (Fsp3) is 0.0588. The second-order valence-electron chi connectivity index (χ2n) is 5.42. The second-order valence-corrected chi connectivity index (χ2v) is 5.83. The molecule has 0 saturated heterocycles. The Bertz CT molecular complexity index is 942. The van der Waals surface area contributed by atoms with Crippen molar-refractivity contribution >= 4 is 23.4 Å². The quantitative estimate of drug-likeness (QED) is 0.560. The summed E-state index contributed by atoms with van der Waals surface area (Å²) in [6, 6.07) is 12.5. The molecule has 0 spiro atoms. The summed E-state index contributed by atoms with van der Waals surface area (Å²) in [5.41, 5.74) is 16.2. The number of fused-ring (bicyclic) bond motifs is 3. The lowest BCUT2D eigenvalue weighted by atomic mass is 9.92. The van der Waals surface area contributed by atoms with Crippen molar-refractivity contribution in [1.82, 2.24) is 9.97 Å². The van der Waals surface area contributed by atoms with Crippen LogP contribution in [0.1, 0.15) is 22.7 Å². The molecule has 114 valence electrons. The Morgan fingerprint density at radius 1 is 1.04 bits per heavy atom. The van der Waals surface area contributed by atoms with Crippen molar-refractivity contribution in [1.29, 1.82) is 0 Å². The van der Waals surface area contributed by atoms with Crippen molar-refractivity contribution in [3.8, 4) is 11.1 Å². The van der Waals surface area contributed by atoms with E-state index in [-0.39, 0.29) is 16.9 Å². The third-order valence-electron chi connectivity index (χ3n) is 4.07. The van der Waals surface area contributed by atoms with Gasteiger partial charge in [-0.15, -0.1) is 0 Å². The molecule has 1 heterocycles. The minimum atomic E-state index is -0.455. The first-order valence-corrected chi connectivity index (χ1v) is 7.41. The van der Waals surface area contributed by atoms with Gasteiger partial charge >= 0.3 is 0 Å². The van der Waals surface area contributed by atoms with E-state index in [1.165, 1.54) is 6.07 Å². The largest absolute Gasteiger partial charge is 0.383 e. The predicted molar refractivity (Wildman–Crippen MR) is 88.6 cm³/mol. The number of aromatic nitrogens is 2. The minimum absolute atomic E-state index is 0.0726. The summed E-state index contributed by atoms with van der Waals surface area (Å²) in [7, 11) is 0. The SMILES string of the molecule is Nc1nc(N)c2c(n1)C(c1ccc(F)c(Cl)c1)c1ccccc1-2. The van der Waals surface area contributed by atoms with Crippen LogP contribution in [0.2, 0.25) is 5.02 Å². The molecule has 1 aromatic heterocycles. The van der Waals surface area contributed by atoms with Gasteiger partial charge < -0.3 is 11.5 Å². The Morgan fingerprint density at radius 3 is 2.61 bits per heavy atom. The Hall–Kier alpha value is -2.66. The lowest BCUT2D eigenvalue weighted by molar-refractivity contribution is 0.627. The third kappa shape index (κ3) is 2.04. The van der Waals surface area contributed by atoms with Crippen LogP contribution >= 0.6 is 11.6 Å². The van der Waals surface area contributed by atoms with Crippen molar-refractivity contribution in [2.24, 2.45) is 0 Å². The van der Waals surface area contributed by atoms with Crippen LogP contribution < -0.4 is 11.5 Å². The van der Waals surface area contributed by atoms with Crippen LogP contribution in [0.15, 0.2) is 42.5 Å². The molecular formula is C17H12ClFN4. The van der Waals surface area contributed by atoms with Crippen LogP contribution in [0.5, 0.6) is 0 Å². The van der Waals surface area contributed by atoms with Crippen molar-refractivity contribution in [3.63, 3.8) is 0 Å². The van der Waals surface area contributed by atoms with Crippen LogP contribution in [0.25, 0.3) is 11.1 Å². The number of anilines is 2. The van der Waals surface area contributed by atoms with Gasteiger partial charge in [-0.2, -0.15) is 4.98 Å². The van der Waals surface area contributed by atoms with Crippen molar-refractivity contribution < 1.29 is 4.39 Å². The molecule has 0 aliphatic heterocycles. The fourth-order valence-corrected chi connectivity index (χ4v) is 3.34. The molecule has 4 rings (SSSR count). The van der Waals surface area contributed by atoms with E-state index in [1.807, 2.05) is 24.3 Å². The van der Waals surface area contributed by atoms with E-state index < -0.39 is 5.82 Å². The summed E-state index contributed by atoms with van der Waals surface area (Å²) < 4.78 is 13.5. The molecular weight excluding hydrogens is 315 g/mol. The van der Waals surface area contributed by atoms with Gasteiger partial charge in [0.15, 0.2) is 0 Å². The summed E-state index contributed by atoms with van der Waals surface area (Å²) in [5, 5.41) is 0.0726. The average molecular weight is 327 g/mol. The highest BCUT2D eigenvalue weighted by Crippen LogP contribution is 2.49. The molecule has 3 aromatic rings. The molecule has 23 heavy (non-hydrogen) atoms. The summed E-state index contributed by atoms with van der Waals surface area (Å²) >= 11 is 5.95. The van der Waals surface area contributed by atoms with Crippen molar-refractivity contribution in [2.45, 2.75) is 5.92 Å². The lowest BCUT2D eigenvalue weighted by Gasteiger charge is -2.14. The first-order valence-electron chi connectivity index (χ1n) is 7.03. The van der Waals surface area contributed by atoms with Gasteiger partial charge in [-0.3, -0.25) is 0 Å². The molecule has 0 amide bonds. The van der Waals surface area contributed by atoms with E-state index in [1.54, 1.807) is 12.1 Å². The number of halogens is 2. The standard InChI is InChI=1S/C17H12ClFN4/c18-11-7-8(5-6-12(11)19)13-9-3-1-2-4-10(9)14-15(13)22-17(21)23-16(14)20/h1-7,13H,(H4,20,21,22,23). The molecule has 4 N–H and O–H groups in total. The molecule has 0 bridgehead atoms. The molecule has 0 fully saturated rings. The minimum Gasteiger partial charge on any atom is -0.383 e. The van der Waals surface area contributed by atoms with E-state index in [2.05, 4.69) is 9.97 Å². The van der Waals surface area contributed by atoms with Crippen LogP contribution in [0, 0.1) is 5.82 Å². The van der Waals surface area contributed by atoms with Gasteiger partial charge in [-0.25, -0.2) is 9.37 Å². The highest BCUT2D eigenvalue weighted by molar-refractivity contribution is 6.30. The predicted octanol–water partition coefficient (Wildman–Crippen LogP) is 3.59. The smallest absolute Gasteiger partial charge is 0.222 e. The van der Waals surface area contributed by atoms with Crippen molar-refractivity contribution in [3.05, 3.63) is 70.1 Å². The maximum absolute atomic E-state index is 13.5. The molecule has 4 nitrogen and oxygen atoms in total. The zero-order chi connectivity index (χ0) is 16.1. The Morgan fingerprint density at radius 2 is 1.83 bits per heavy atom. The molecule has 0 radical (unpaired) electrons. The number of hydrogen-bond acceptors (Lipinski definition) is 4. The Balaban J connectivity index is 2.03. The maximum Gasteiger partial charge on any atom is 0.222 e. The summed E-state index contributed by atoms with van der Waals surface area (Å²) in [6.07, 6.45) is 0. The van der Waals surface area contributed by atoms with Gasteiger partial charge in [0.1, 0.15) is 11.6 Å². The number of nitrogens with zero attached hydrogens (tertiary/aromatic N) is 2. The molecule has 1 aliphatic rings. The summed E-state index contributed by atoms with van der Waals surface area (Å²) in [4.78, 5) is 8.45. The zero-order valence-electron chi connectivity index (χ0n) is 11.9. The lowest BCUT2D eigenvalue weighted by Crippen LogP contribution is -2.07. The zero-order valence-corrected chi connectivity index (χ0v) is 12.7. The van der Waals surface area contributed by atoms with E-state index >= 15 is 0 Å². The highest BCUT2D eigenvalue weighted by Gasteiger charge is 2.33. The molecule has 0 saturated carbocycles. The maximum atomic E-state index is 13.5. The first-order chi connectivity index (χ1) is 11.1.